The largest absolute Gasteiger partial charge is 0.510 e. The number of imidazole rings is 1. The van der Waals surface area contributed by atoms with Crippen LogP contribution in [0.4, 0.5) is 0 Å². The number of H-pyrrole nitrogens is 1. The number of para-hydroxylation sites is 2. The van der Waals surface area contributed by atoms with Crippen LogP contribution in [0.2, 0.25) is 0 Å². The van der Waals surface area contributed by atoms with Crippen LogP contribution >= 0.6 is 11.8 Å². The maximum absolute atomic E-state index is 10.3. The van der Waals surface area contributed by atoms with Crippen molar-refractivity contribution in [2.75, 3.05) is 5.75 Å². The third-order valence-corrected chi connectivity index (χ3v) is 4.45. The lowest BCUT2D eigenvalue weighted by atomic mass is 10.2. The smallest absolute Gasteiger partial charge is 0.152 e. The van der Waals surface area contributed by atoms with Gasteiger partial charge in [-0.15, -0.1) is 11.8 Å². The van der Waals surface area contributed by atoms with Gasteiger partial charge in [-0.3, -0.25) is 0 Å². The van der Waals surface area contributed by atoms with Crippen LogP contribution in [0.15, 0.2) is 59.2 Å². The molecule has 3 rings (SSSR count). The molecule has 0 aliphatic rings. The molecule has 3 aromatic rings. The van der Waals surface area contributed by atoms with Crippen LogP contribution in [0.1, 0.15) is 11.4 Å². The van der Waals surface area contributed by atoms with Gasteiger partial charge in [-0.1, -0.05) is 29.8 Å². The van der Waals surface area contributed by atoms with E-state index in [9.17, 15) is 10.4 Å². The molecule has 0 unspecified atom stereocenters. The average molecular weight is 321 g/mol. The summed E-state index contributed by atoms with van der Waals surface area (Å²) >= 11 is 1.48. The molecule has 0 amide bonds. The SMILES string of the molecule is Cc1ccc(SC/C(O)=C(\C#N)c2nc3ccccc3[nH]2)cc1. The van der Waals surface area contributed by atoms with Crippen LogP contribution in [0.25, 0.3) is 16.6 Å². The summed E-state index contributed by atoms with van der Waals surface area (Å²) in [7, 11) is 0. The van der Waals surface area contributed by atoms with E-state index in [1.54, 1.807) is 0 Å². The number of benzene rings is 2. The van der Waals surface area contributed by atoms with Crippen LogP contribution in [-0.2, 0) is 0 Å². The minimum Gasteiger partial charge on any atom is -0.510 e. The zero-order valence-corrected chi connectivity index (χ0v) is 13.4. The van der Waals surface area contributed by atoms with Gasteiger partial charge in [0.1, 0.15) is 17.4 Å². The normalized spacial score (nSPS) is 12.0. The summed E-state index contributed by atoms with van der Waals surface area (Å²) in [6.45, 7) is 2.03. The van der Waals surface area contributed by atoms with Crippen LogP contribution in [0.3, 0.4) is 0 Å². The molecule has 4 nitrogen and oxygen atoms in total. The number of fused-ring (bicyclic) bond motifs is 1. The van der Waals surface area contributed by atoms with Crippen molar-refractivity contribution in [1.29, 1.82) is 5.26 Å². The second-order valence-corrected chi connectivity index (χ2v) is 6.19. The number of nitrogens with zero attached hydrogens (tertiary/aromatic N) is 2. The highest BCUT2D eigenvalue weighted by atomic mass is 32.2. The number of aryl methyl sites for hydroxylation is 1. The van der Waals surface area contributed by atoms with Crippen LogP contribution in [-0.4, -0.2) is 20.8 Å². The number of aliphatic hydroxyl groups is 1. The van der Waals surface area contributed by atoms with Gasteiger partial charge in [0.2, 0.25) is 0 Å². The Balaban J connectivity index is 1.84. The van der Waals surface area contributed by atoms with Crippen molar-refractivity contribution in [3.63, 3.8) is 0 Å². The molecule has 0 aliphatic carbocycles. The number of hydrogen-bond acceptors (Lipinski definition) is 4. The number of nitriles is 1. The number of aromatic nitrogens is 2. The average Bonchev–Trinajstić information content (AvgIpc) is 2.98. The molecule has 5 heteroatoms. The molecule has 2 aromatic carbocycles. The van der Waals surface area contributed by atoms with Gasteiger partial charge in [-0.05, 0) is 31.2 Å². The Hall–Kier alpha value is -2.71. The Kier molecular flexibility index (Phi) is 4.35. The van der Waals surface area contributed by atoms with E-state index in [1.165, 1.54) is 17.3 Å². The number of nitrogens with one attached hydrogen (secondary N) is 1. The first-order chi connectivity index (χ1) is 11.2. The first-order valence-corrected chi connectivity index (χ1v) is 8.13. The Labute approximate surface area is 138 Å². The topological polar surface area (TPSA) is 72.7 Å². The molecule has 1 aromatic heterocycles. The molecule has 0 atom stereocenters. The second-order valence-electron chi connectivity index (χ2n) is 5.14. The Morgan fingerprint density at radius 2 is 1.96 bits per heavy atom. The molecule has 0 aliphatic heterocycles. The minimum atomic E-state index is 0.0251. The van der Waals surface area contributed by atoms with Gasteiger partial charge in [-0.25, -0.2) is 4.98 Å². The van der Waals surface area contributed by atoms with E-state index in [4.69, 9.17) is 0 Å². The molecule has 0 bridgehead atoms. The highest BCUT2D eigenvalue weighted by Crippen LogP contribution is 2.24. The molecule has 0 saturated carbocycles. The molecule has 23 heavy (non-hydrogen) atoms. The third kappa shape index (κ3) is 3.38. The summed E-state index contributed by atoms with van der Waals surface area (Å²) in [5, 5.41) is 19.7. The Morgan fingerprint density at radius 3 is 2.65 bits per heavy atom. The summed E-state index contributed by atoms with van der Waals surface area (Å²) in [6, 6.07) is 17.6. The van der Waals surface area contributed by atoms with Crippen molar-refractivity contribution < 1.29 is 5.11 Å². The van der Waals surface area contributed by atoms with Crippen molar-refractivity contribution in [2.45, 2.75) is 11.8 Å². The summed E-state index contributed by atoms with van der Waals surface area (Å²) in [4.78, 5) is 8.48. The molecule has 0 saturated heterocycles. The number of rotatable bonds is 4. The van der Waals surface area contributed by atoms with E-state index in [0.717, 1.165) is 15.9 Å². The van der Waals surface area contributed by atoms with Gasteiger partial charge in [0.15, 0.2) is 5.82 Å². The van der Waals surface area contributed by atoms with E-state index in [0.29, 0.717) is 11.6 Å². The molecular weight excluding hydrogens is 306 g/mol. The minimum absolute atomic E-state index is 0.0251. The lowest BCUT2D eigenvalue weighted by molar-refractivity contribution is 0.420. The van der Waals surface area contributed by atoms with Crippen molar-refractivity contribution in [2.24, 2.45) is 0 Å². The van der Waals surface area contributed by atoms with E-state index in [-0.39, 0.29) is 11.3 Å². The van der Waals surface area contributed by atoms with Crippen LogP contribution in [0, 0.1) is 18.3 Å². The summed E-state index contributed by atoms with van der Waals surface area (Å²) in [5.74, 6) is 0.746. The quantitative estimate of drug-likeness (QED) is 0.423. The van der Waals surface area contributed by atoms with Crippen molar-refractivity contribution in [3.8, 4) is 6.07 Å². The summed E-state index contributed by atoms with van der Waals surface area (Å²) in [6.07, 6.45) is 0. The zero-order chi connectivity index (χ0) is 16.2. The molecule has 0 spiro atoms. The Morgan fingerprint density at radius 1 is 1.22 bits per heavy atom. The molecule has 0 fully saturated rings. The number of aromatic amines is 1. The fraction of sp³-hybridized carbons (Fsp3) is 0.111. The van der Waals surface area contributed by atoms with Crippen molar-refractivity contribution in [1.82, 2.24) is 9.97 Å². The zero-order valence-electron chi connectivity index (χ0n) is 12.6. The summed E-state index contributed by atoms with van der Waals surface area (Å²) < 4.78 is 0. The third-order valence-electron chi connectivity index (χ3n) is 3.42. The lowest BCUT2D eigenvalue weighted by Gasteiger charge is -2.03. The predicted molar refractivity (Wildman–Crippen MR) is 93.2 cm³/mol. The fourth-order valence-corrected chi connectivity index (χ4v) is 2.96. The second kappa shape index (κ2) is 6.59. The first-order valence-electron chi connectivity index (χ1n) is 7.14. The highest BCUT2D eigenvalue weighted by Gasteiger charge is 2.13. The van der Waals surface area contributed by atoms with Crippen molar-refractivity contribution in [3.05, 3.63) is 65.7 Å². The van der Waals surface area contributed by atoms with Gasteiger partial charge < -0.3 is 10.1 Å². The molecular formula is C18H15N3OS. The van der Waals surface area contributed by atoms with Crippen LogP contribution < -0.4 is 0 Å². The van der Waals surface area contributed by atoms with Gasteiger partial charge in [-0.2, -0.15) is 5.26 Å². The molecule has 1 heterocycles. The Bertz CT molecular complexity index is 871. The van der Waals surface area contributed by atoms with Crippen LogP contribution in [0.5, 0.6) is 0 Å². The summed E-state index contributed by atoms with van der Waals surface area (Å²) in [5.41, 5.74) is 2.98. The van der Waals surface area contributed by atoms with Gasteiger partial charge in [0.25, 0.3) is 0 Å². The van der Waals surface area contributed by atoms with Gasteiger partial charge in [0, 0.05) is 4.90 Å². The highest BCUT2D eigenvalue weighted by molar-refractivity contribution is 7.99. The lowest BCUT2D eigenvalue weighted by Crippen LogP contribution is -1.95. The molecule has 2 N–H and O–H groups in total. The number of aliphatic hydroxyl groups excluding tert-OH is 1. The van der Waals surface area contributed by atoms with E-state index < -0.39 is 0 Å². The van der Waals surface area contributed by atoms with Gasteiger partial charge in [0.05, 0.1) is 16.8 Å². The van der Waals surface area contributed by atoms with E-state index in [2.05, 4.69) is 9.97 Å². The predicted octanol–water partition coefficient (Wildman–Crippen LogP) is 4.46. The fourth-order valence-electron chi connectivity index (χ4n) is 2.18. The van der Waals surface area contributed by atoms with E-state index in [1.807, 2.05) is 61.5 Å². The van der Waals surface area contributed by atoms with E-state index >= 15 is 0 Å². The number of hydrogen-bond donors (Lipinski definition) is 2. The monoisotopic (exact) mass is 321 g/mol. The standard InChI is InChI=1S/C18H15N3OS/c1-12-6-8-13(9-7-12)23-11-17(22)14(10-19)18-20-15-4-2-3-5-16(15)21-18/h2-9,22H,11H2,1H3,(H,20,21)/b17-14-. The molecule has 0 radical (unpaired) electrons. The molecule has 114 valence electrons. The van der Waals surface area contributed by atoms with Gasteiger partial charge >= 0.3 is 0 Å². The van der Waals surface area contributed by atoms with Crippen molar-refractivity contribution >= 4 is 28.4 Å². The first kappa shape index (κ1) is 15.2. The number of thioether (sulfide) groups is 1. The maximum atomic E-state index is 10.3. The maximum Gasteiger partial charge on any atom is 0.152 e. The number of allylic oxidation sites excluding steroid dienone is 1.